The summed E-state index contributed by atoms with van der Waals surface area (Å²) in [7, 11) is 0. The Balaban J connectivity index is 2.49. The molecule has 0 spiro atoms. The molecule has 1 aromatic heterocycles. The standard InChI is InChI=1S/C10H6Cl2FNO/c11-4-9-14-5-8(15-9)6-2-1-3-7(13)10(6)12/h1-3,5H,4H2. The van der Waals surface area contributed by atoms with Gasteiger partial charge in [0.1, 0.15) is 5.82 Å². The quantitative estimate of drug-likeness (QED) is 0.751. The summed E-state index contributed by atoms with van der Waals surface area (Å²) in [6, 6.07) is 4.49. The maximum Gasteiger partial charge on any atom is 0.209 e. The number of oxazole rings is 1. The van der Waals surface area contributed by atoms with Gasteiger partial charge in [-0.3, -0.25) is 0 Å². The number of nitrogens with zero attached hydrogens (tertiary/aromatic N) is 1. The minimum Gasteiger partial charge on any atom is -0.439 e. The van der Waals surface area contributed by atoms with Crippen LogP contribution in [-0.4, -0.2) is 4.98 Å². The van der Waals surface area contributed by atoms with E-state index in [1.54, 1.807) is 12.1 Å². The van der Waals surface area contributed by atoms with Gasteiger partial charge in [-0.25, -0.2) is 9.37 Å². The number of alkyl halides is 1. The van der Waals surface area contributed by atoms with Gasteiger partial charge in [-0.2, -0.15) is 0 Å². The van der Waals surface area contributed by atoms with Crippen molar-refractivity contribution >= 4 is 23.2 Å². The average Bonchev–Trinajstić information content (AvgIpc) is 2.70. The van der Waals surface area contributed by atoms with Gasteiger partial charge in [-0.15, -0.1) is 11.6 Å². The molecule has 0 saturated carbocycles. The predicted octanol–water partition coefficient (Wildman–Crippen LogP) is 3.87. The molecule has 0 aliphatic carbocycles. The summed E-state index contributed by atoms with van der Waals surface area (Å²) in [4.78, 5) is 3.90. The van der Waals surface area contributed by atoms with Gasteiger partial charge in [0.2, 0.25) is 5.89 Å². The predicted molar refractivity (Wildman–Crippen MR) is 56.5 cm³/mol. The number of benzene rings is 1. The summed E-state index contributed by atoms with van der Waals surface area (Å²) in [5, 5.41) is 0.0229. The van der Waals surface area contributed by atoms with Crippen molar-refractivity contribution in [1.82, 2.24) is 4.98 Å². The molecule has 0 N–H and O–H groups in total. The lowest BCUT2D eigenvalue weighted by molar-refractivity contribution is 0.528. The van der Waals surface area contributed by atoms with Crippen molar-refractivity contribution < 1.29 is 8.81 Å². The van der Waals surface area contributed by atoms with Crippen LogP contribution in [0.4, 0.5) is 4.39 Å². The third kappa shape index (κ3) is 1.98. The van der Waals surface area contributed by atoms with Crippen LogP contribution in [0.2, 0.25) is 5.02 Å². The highest BCUT2D eigenvalue weighted by atomic mass is 35.5. The fraction of sp³-hybridized carbons (Fsp3) is 0.100. The van der Waals surface area contributed by atoms with Crippen LogP contribution in [0.15, 0.2) is 28.8 Å². The number of hydrogen-bond acceptors (Lipinski definition) is 2. The smallest absolute Gasteiger partial charge is 0.209 e. The third-order valence-corrected chi connectivity index (χ3v) is 2.50. The highest BCUT2D eigenvalue weighted by Gasteiger charge is 2.11. The molecule has 0 radical (unpaired) electrons. The monoisotopic (exact) mass is 245 g/mol. The maximum absolute atomic E-state index is 13.1. The van der Waals surface area contributed by atoms with E-state index in [0.717, 1.165) is 0 Å². The van der Waals surface area contributed by atoms with Gasteiger partial charge >= 0.3 is 0 Å². The molecule has 0 fully saturated rings. The summed E-state index contributed by atoms with van der Waals surface area (Å²) in [6.45, 7) is 0. The second kappa shape index (κ2) is 4.21. The molecule has 0 bridgehead atoms. The van der Waals surface area contributed by atoms with Crippen molar-refractivity contribution in [1.29, 1.82) is 0 Å². The van der Waals surface area contributed by atoms with E-state index < -0.39 is 5.82 Å². The number of halogens is 3. The van der Waals surface area contributed by atoms with Crippen LogP contribution in [-0.2, 0) is 5.88 Å². The fourth-order valence-electron chi connectivity index (χ4n) is 1.19. The SMILES string of the molecule is Fc1cccc(-c2cnc(CCl)o2)c1Cl. The van der Waals surface area contributed by atoms with E-state index >= 15 is 0 Å². The maximum atomic E-state index is 13.1. The highest BCUT2D eigenvalue weighted by molar-refractivity contribution is 6.33. The van der Waals surface area contributed by atoms with Crippen LogP contribution < -0.4 is 0 Å². The Labute approximate surface area is 95.6 Å². The summed E-state index contributed by atoms with van der Waals surface area (Å²) in [6.07, 6.45) is 1.47. The molecule has 1 aromatic carbocycles. The summed E-state index contributed by atoms with van der Waals surface area (Å²) >= 11 is 11.3. The minimum absolute atomic E-state index is 0.0229. The van der Waals surface area contributed by atoms with E-state index in [2.05, 4.69) is 4.98 Å². The molecular weight excluding hydrogens is 240 g/mol. The first-order chi connectivity index (χ1) is 7.22. The lowest BCUT2D eigenvalue weighted by Gasteiger charge is -2.00. The van der Waals surface area contributed by atoms with Gasteiger partial charge in [-0.05, 0) is 12.1 Å². The van der Waals surface area contributed by atoms with Gasteiger partial charge in [0.15, 0.2) is 5.76 Å². The van der Waals surface area contributed by atoms with Gasteiger partial charge in [0.25, 0.3) is 0 Å². The molecule has 0 amide bonds. The molecule has 78 valence electrons. The van der Waals surface area contributed by atoms with Crippen LogP contribution in [0.3, 0.4) is 0 Å². The van der Waals surface area contributed by atoms with E-state index in [1.165, 1.54) is 12.3 Å². The highest BCUT2D eigenvalue weighted by Crippen LogP contribution is 2.30. The first kappa shape index (κ1) is 10.5. The first-order valence-electron chi connectivity index (χ1n) is 4.17. The Hall–Kier alpha value is -1.06. The van der Waals surface area contributed by atoms with E-state index in [-0.39, 0.29) is 10.9 Å². The minimum atomic E-state index is -0.488. The van der Waals surface area contributed by atoms with Crippen molar-refractivity contribution in [3.63, 3.8) is 0 Å². The number of rotatable bonds is 2. The Kier molecular flexibility index (Phi) is 2.93. The van der Waals surface area contributed by atoms with Crippen molar-refractivity contribution in [2.75, 3.05) is 0 Å². The summed E-state index contributed by atoms with van der Waals surface area (Å²) < 4.78 is 18.4. The van der Waals surface area contributed by atoms with E-state index in [0.29, 0.717) is 17.2 Å². The molecular formula is C10H6Cl2FNO. The van der Waals surface area contributed by atoms with Gasteiger partial charge in [0, 0.05) is 5.56 Å². The normalized spacial score (nSPS) is 10.6. The van der Waals surface area contributed by atoms with Crippen molar-refractivity contribution in [2.45, 2.75) is 5.88 Å². The third-order valence-electron chi connectivity index (χ3n) is 1.88. The average molecular weight is 246 g/mol. The largest absolute Gasteiger partial charge is 0.439 e. The molecule has 0 saturated heterocycles. The van der Waals surface area contributed by atoms with Gasteiger partial charge in [-0.1, -0.05) is 17.7 Å². The molecule has 5 heteroatoms. The lowest BCUT2D eigenvalue weighted by Crippen LogP contribution is -1.81. The zero-order valence-corrected chi connectivity index (χ0v) is 9.02. The summed E-state index contributed by atoms with van der Waals surface area (Å²) in [5.74, 6) is 0.479. The second-order valence-corrected chi connectivity index (χ2v) is 3.50. The number of aromatic nitrogens is 1. The molecule has 0 aliphatic heterocycles. The van der Waals surface area contributed by atoms with Crippen LogP contribution >= 0.6 is 23.2 Å². The molecule has 2 nitrogen and oxygen atoms in total. The first-order valence-corrected chi connectivity index (χ1v) is 5.08. The Morgan fingerprint density at radius 2 is 2.20 bits per heavy atom. The van der Waals surface area contributed by atoms with Gasteiger partial charge < -0.3 is 4.42 Å². The molecule has 1 heterocycles. The second-order valence-electron chi connectivity index (χ2n) is 2.85. The summed E-state index contributed by atoms with van der Waals surface area (Å²) in [5.41, 5.74) is 0.473. The molecule has 0 unspecified atom stereocenters. The van der Waals surface area contributed by atoms with E-state index in [1.807, 2.05) is 0 Å². The molecule has 0 aliphatic rings. The number of hydrogen-bond donors (Lipinski definition) is 0. The van der Waals surface area contributed by atoms with Crippen LogP contribution in [0, 0.1) is 5.82 Å². The fourth-order valence-corrected chi connectivity index (χ4v) is 1.53. The zero-order chi connectivity index (χ0) is 10.8. The Morgan fingerprint density at radius 3 is 2.87 bits per heavy atom. The Bertz CT molecular complexity index is 484. The van der Waals surface area contributed by atoms with Crippen molar-refractivity contribution in [2.24, 2.45) is 0 Å². The van der Waals surface area contributed by atoms with Crippen molar-refractivity contribution in [3.8, 4) is 11.3 Å². The van der Waals surface area contributed by atoms with Crippen LogP contribution in [0.1, 0.15) is 5.89 Å². The van der Waals surface area contributed by atoms with E-state index in [9.17, 15) is 4.39 Å². The van der Waals surface area contributed by atoms with Crippen molar-refractivity contribution in [3.05, 3.63) is 41.1 Å². The van der Waals surface area contributed by atoms with Gasteiger partial charge in [0.05, 0.1) is 17.1 Å². The zero-order valence-electron chi connectivity index (χ0n) is 7.51. The molecule has 2 aromatic rings. The van der Waals surface area contributed by atoms with Crippen LogP contribution in [0.5, 0.6) is 0 Å². The topological polar surface area (TPSA) is 26.0 Å². The lowest BCUT2D eigenvalue weighted by atomic mass is 10.2. The Morgan fingerprint density at radius 1 is 1.40 bits per heavy atom. The van der Waals surface area contributed by atoms with E-state index in [4.69, 9.17) is 27.6 Å². The molecule has 0 atom stereocenters. The molecule has 2 rings (SSSR count). The molecule has 15 heavy (non-hydrogen) atoms. The van der Waals surface area contributed by atoms with Crippen LogP contribution in [0.25, 0.3) is 11.3 Å².